The van der Waals surface area contributed by atoms with Gasteiger partial charge in [0.1, 0.15) is 11.9 Å². The van der Waals surface area contributed by atoms with Crippen LogP contribution in [0.15, 0.2) is 48.5 Å². The molecule has 2 amide bonds. The van der Waals surface area contributed by atoms with Crippen molar-refractivity contribution in [3.8, 4) is 0 Å². The summed E-state index contributed by atoms with van der Waals surface area (Å²) in [6.07, 6.45) is 0. The molecule has 0 saturated heterocycles. The molecule has 0 aliphatic rings. The third-order valence-electron chi connectivity index (χ3n) is 4.34. The van der Waals surface area contributed by atoms with Gasteiger partial charge in [0.05, 0.1) is 5.75 Å². The van der Waals surface area contributed by atoms with Crippen molar-refractivity contribution >= 4 is 35.2 Å². The number of carbonyl (C=O) groups excluding carboxylic acids is 2. The van der Waals surface area contributed by atoms with Gasteiger partial charge in [-0.1, -0.05) is 35.9 Å². The van der Waals surface area contributed by atoms with Gasteiger partial charge in [-0.2, -0.15) is 0 Å². The van der Waals surface area contributed by atoms with E-state index < -0.39 is 11.6 Å². The van der Waals surface area contributed by atoms with Crippen LogP contribution in [0, 0.1) is 5.82 Å². The monoisotopic (exact) mass is 450 g/mol. The Morgan fingerprint density at radius 1 is 1.07 bits per heavy atom. The Labute approximate surface area is 187 Å². The lowest BCUT2D eigenvalue weighted by atomic mass is 10.1. The molecule has 2 aromatic carbocycles. The lowest BCUT2D eigenvalue weighted by Crippen LogP contribution is -2.52. The Bertz CT molecular complexity index is 851. The number of carbonyl (C=O) groups is 2. The Hall–Kier alpha value is -2.05. The van der Waals surface area contributed by atoms with Crippen LogP contribution in [-0.4, -0.2) is 34.0 Å². The molecule has 0 aliphatic carbocycles. The summed E-state index contributed by atoms with van der Waals surface area (Å²) in [7, 11) is 0. The van der Waals surface area contributed by atoms with Gasteiger partial charge < -0.3 is 10.2 Å². The summed E-state index contributed by atoms with van der Waals surface area (Å²) < 4.78 is 13.0. The Kier molecular flexibility index (Phi) is 8.74. The smallest absolute Gasteiger partial charge is 0.242 e. The van der Waals surface area contributed by atoms with Crippen LogP contribution in [0.1, 0.15) is 38.8 Å². The first-order chi connectivity index (χ1) is 14.0. The summed E-state index contributed by atoms with van der Waals surface area (Å²) in [6.45, 7) is 7.76. The minimum absolute atomic E-state index is 0.131. The SMILES string of the molecule is C[C@H](C(=O)NC(C)(C)C)N(Cc1ccc(Cl)cc1)C(=O)CSCc1ccc(F)cc1. The summed E-state index contributed by atoms with van der Waals surface area (Å²) in [6, 6.07) is 12.8. The number of benzene rings is 2. The van der Waals surface area contributed by atoms with Crippen LogP contribution in [-0.2, 0) is 21.9 Å². The second-order valence-corrected chi connectivity index (χ2v) is 9.60. The third kappa shape index (κ3) is 8.00. The van der Waals surface area contributed by atoms with E-state index in [0.29, 0.717) is 17.3 Å². The van der Waals surface area contributed by atoms with Crippen LogP contribution in [0.4, 0.5) is 4.39 Å². The normalized spacial score (nSPS) is 12.3. The van der Waals surface area contributed by atoms with E-state index in [1.165, 1.54) is 23.9 Å². The van der Waals surface area contributed by atoms with E-state index in [9.17, 15) is 14.0 Å². The molecule has 0 unspecified atom stereocenters. The van der Waals surface area contributed by atoms with Gasteiger partial charge in [-0.3, -0.25) is 9.59 Å². The molecule has 2 rings (SSSR count). The van der Waals surface area contributed by atoms with Crippen molar-refractivity contribution < 1.29 is 14.0 Å². The van der Waals surface area contributed by atoms with E-state index in [0.717, 1.165) is 11.1 Å². The molecule has 0 bridgehead atoms. The van der Waals surface area contributed by atoms with Gasteiger partial charge in [0.15, 0.2) is 0 Å². The van der Waals surface area contributed by atoms with Crippen LogP contribution in [0.2, 0.25) is 5.02 Å². The molecule has 0 heterocycles. The highest BCUT2D eigenvalue weighted by molar-refractivity contribution is 7.99. The zero-order valence-corrected chi connectivity index (χ0v) is 19.3. The minimum Gasteiger partial charge on any atom is -0.350 e. The summed E-state index contributed by atoms with van der Waals surface area (Å²) in [5.41, 5.74) is 1.45. The number of rotatable bonds is 8. The van der Waals surface area contributed by atoms with E-state index in [1.54, 1.807) is 36.1 Å². The van der Waals surface area contributed by atoms with Crippen LogP contribution >= 0.6 is 23.4 Å². The fourth-order valence-electron chi connectivity index (χ4n) is 2.76. The minimum atomic E-state index is -0.626. The maximum atomic E-state index is 13.0. The zero-order valence-electron chi connectivity index (χ0n) is 17.7. The first kappa shape index (κ1) is 24.2. The van der Waals surface area contributed by atoms with Gasteiger partial charge in [0, 0.05) is 22.9 Å². The quantitative estimate of drug-likeness (QED) is 0.612. The zero-order chi connectivity index (χ0) is 22.3. The molecule has 0 fully saturated rings. The van der Waals surface area contributed by atoms with E-state index in [-0.39, 0.29) is 23.4 Å². The first-order valence-electron chi connectivity index (χ1n) is 9.73. The van der Waals surface area contributed by atoms with Crippen molar-refractivity contribution in [3.63, 3.8) is 0 Å². The average molecular weight is 451 g/mol. The molecule has 30 heavy (non-hydrogen) atoms. The average Bonchev–Trinajstić information content (AvgIpc) is 2.67. The molecule has 0 aliphatic heterocycles. The summed E-state index contributed by atoms with van der Waals surface area (Å²) in [5, 5.41) is 3.56. The third-order valence-corrected chi connectivity index (χ3v) is 5.58. The topological polar surface area (TPSA) is 49.4 Å². The van der Waals surface area contributed by atoms with Crippen molar-refractivity contribution in [1.29, 1.82) is 0 Å². The number of hydrogen-bond acceptors (Lipinski definition) is 3. The van der Waals surface area contributed by atoms with Crippen LogP contribution in [0.5, 0.6) is 0 Å². The molecule has 162 valence electrons. The molecule has 0 spiro atoms. The van der Waals surface area contributed by atoms with Gasteiger partial charge in [0.25, 0.3) is 0 Å². The second kappa shape index (κ2) is 10.8. The molecular formula is C23H28ClFN2O2S. The highest BCUT2D eigenvalue weighted by Gasteiger charge is 2.28. The van der Waals surface area contributed by atoms with Crippen molar-refractivity contribution in [2.75, 3.05) is 5.75 Å². The summed E-state index contributed by atoms with van der Waals surface area (Å²) in [4.78, 5) is 27.3. The molecule has 0 radical (unpaired) electrons. The van der Waals surface area contributed by atoms with Crippen LogP contribution in [0.25, 0.3) is 0 Å². The van der Waals surface area contributed by atoms with Crippen molar-refractivity contribution in [3.05, 3.63) is 70.5 Å². The van der Waals surface area contributed by atoms with E-state index in [1.807, 2.05) is 32.9 Å². The maximum absolute atomic E-state index is 13.0. The van der Waals surface area contributed by atoms with Gasteiger partial charge in [0.2, 0.25) is 11.8 Å². The maximum Gasteiger partial charge on any atom is 0.242 e. The lowest BCUT2D eigenvalue weighted by Gasteiger charge is -2.31. The predicted molar refractivity (Wildman–Crippen MR) is 122 cm³/mol. The fourth-order valence-corrected chi connectivity index (χ4v) is 3.76. The number of thioether (sulfide) groups is 1. The van der Waals surface area contributed by atoms with Crippen molar-refractivity contribution in [1.82, 2.24) is 10.2 Å². The standard InChI is InChI=1S/C23H28ClFN2O2S/c1-16(22(29)26-23(2,3)4)27(13-17-5-9-19(24)10-6-17)21(28)15-30-14-18-7-11-20(25)12-8-18/h5-12,16H,13-15H2,1-4H3,(H,26,29)/t16-/m1/s1. The van der Waals surface area contributed by atoms with Gasteiger partial charge in [-0.05, 0) is 63.1 Å². The first-order valence-corrected chi connectivity index (χ1v) is 11.3. The Morgan fingerprint density at radius 3 is 2.20 bits per heavy atom. The molecular weight excluding hydrogens is 423 g/mol. The Morgan fingerprint density at radius 2 is 1.63 bits per heavy atom. The van der Waals surface area contributed by atoms with Gasteiger partial charge in [-0.15, -0.1) is 11.8 Å². The van der Waals surface area contributed by atoms with Crippen LogP contribution in [0.3, 0.4) is 0 Å². The van der Waals surface area contributed by atoms with E-state index in [4.69, 9.17) is 11.6 Å². The molecule has 4 nitrogen and oxygen atoms in total. The summed E-state index contributed by atoms with van der Waals surface area (Å²) >= 11 is 7.40. The van der Waals surface area contributed by atoms with Gasteiger partial charge >= 0.3 is 0 Å². The fraction of sp³-hybridized carbons (Fsp3) is 0.391. The molecule has 0 aromatic heterocycles. The highest BCUT2D eigenvalue weighted by Crippen LogP contribution is 2.18. The molecule has 1 atom stereocenters. The number of halogens is 2. The number of nitrogens with zero attached hydrogens (tertiary/aromatic N) is 1. The number of nitrogens with one attached hydrogen (secondary N) is 1. The van der Waals surface area contributed by atoms with Crippen molar-refractivity contribution in [2.24, 2.45) is 0 Å². The predicted octanol–water partition coefficient (Wildman–Crippen LogP) is 5.04. The van der Waals surface area contributed by atoms with Crippen LogP contribution < -0.4 is 5.32 Å². The molecule has 1 N–H and O–H groups in total. The van der Waals surface area contributed by atoms with E-state index in [2.05, 4.69) is 5.32 Å². The molecule has 2 aromatic rings. The van der Waals surface area contributed by atoms with E-state index >= 15 is 0 Å². The largest absolute Gasteiger partial charge is 0.350 e. The Balaban J connectivity index is 2.08. The van der Waals surface area contributed by atoms with Gasteiger partial charge in [-0.25, -0.2) is 4.39 Å². The summed E-state index contributed by atoms with van der Waals surface area (Å²) in [5.74, 6) is 0.191. The molecule has 0 saturated carbocycles. The second-order valence-electron chi connectivity index (χ2n) is 8.18. The van der Waals surface area contributed by atoms with Crippen molar-refractivity contribution in [2.45, 2.75) is 51.6 Å². The molecule has 7 heteroatoms. The highest BCUT2D eigenvalue weighted by atomic mass is 35.5. The lowest BCUT2D eigenvalue weighted by molar-refractivity contribution is -0.139. The number of amides is 2. The number of hydrogen-bond donors (Lipinski definition) is 1.